The molecule has 166 valence electrons. The molecule has 0 bridgehead atoms. The van der Waals surface area contributed by atoms with Crippen LogP contribution in [0, 0.1) is 5.41 Å². The van der Waals surface area contributed by atoms with Crippen LogP contribution in [0.4, 0.5) is 0 Å². The first-order valence-electron chi connectivity index (χ1n) is 11.1. The van der Waals surface area contributed by atoms with Crippen LogP contribution in [0.15, 0.2) is 54.6 Å². The van der Waals surface area contributed by atoms with Gasteiger partial charge in [-0.3, -0.25) is 25.3 Å². The second-order valence-corrected chi connectivity index (χ2v) is 8.31. The molecule has 1 fully saturated rings. The molecule has 3 rings (SSSR count). The summed E-state index contributed by atoms with van der Waals surface area (Å²) in [6.07, 6.45) is 4.96. The molecule has 0 aromatic heterocycles. The van der Waals surface area contributed by atoms with Crippen LogP contribution in [0.1, 0.15) is 47.7 Å². The van der Waals surface area contributed by atoms with Gasteiger partial charge in [-0.2, -0.15) is 0 Å². The number of aryl methyl sites for hydroxylation is 1. The van der Waals surface area contributed by atoms with Crippen molar-refractivity contribution in [3.8, 4) is 0 Å². The highest BCUT2D eigenvalue weighted by molar-refractivity contribution is 5.94. The third-order valence-corrected chi connectivity index (χ3v) is 6.18. The average Bonchev–Trinajstić information content (AvgIpc) is 2.82. The van der Waals surface area contributed by atoms with Gasteiger partial charge in [0.15, 0.2) is 0 Å². The molecule has 1 heterocycles. The lowest BCUT2D eigenvalue weighted by Crippen LogP contribution is -2.42. The van der Waals surface area contributed by atoms with Gasteiger partial charge in [-0.15, -0.1) is 0 Å². The summed E-state index contributed by atoms with van der Waals surface area (Å²) in [5, 5.41) is 0. The summed E-state index contributed by atoms with van der Waals surface area (Å²) < 4.78 is 5.90. The van der Waals surface area contributed by atoms with E-state index in [0.717, 1.165) is 58.5 Å². The van der Waals surface area contributed by atoms with Gasteiger partial charge in [0.05, 0.1) is 6.61 Å². The van der Waals surface area contributed by atoms with E-state index in [1.807, 2.05) is 12.1 Å². The number of rotatable bonds is 11. The first kappa shape index (κ1) is 23.0. The van der Waals surface area contributed by atoms with Crippen molar-refractivity contribution in [3.63, 3.8) is 0 Å². The number of nitrogens with zero attached hydrogens (tertiary/aromatic N) is 1. The Bertz CT molecular complexity index is 816. The number of benzene rings is 2. The Morgan fingerprint density at radius 2 is 1.77 bits per heavy atom. The summed E-state index contributed by atoms with van der Waals surface area (Å²) in [5.74, 6) is -0.323. The van der Waals surface area contributed by atoms with Crippen LogP contribution in [-0.4, -0.2) is 43.5 Å². The minimum Gasteiger partial charge on any atom is -0.381 e. The van der Waals surface area contributed by atoms with E-state index in [4.69, 9.17) is 4.74 Å². The zero-order chi connectivity index (χ0) is 21.9. The molecular weight excluding hydrogens is 390 g/mol. The summed E-state index contributed by atoms with van der Waals surface area (Å²) >= 11 is 0. The van der Waals surface area contributed by atoms with Crippen molar-refractivity contribution in [1.82, 2.24) is 15.8 Å². The highest BCUT2D eigenvalue weighted by atomic mass is 16.5. The fourth-order valence-electron chi connectivity index (χ4n) is 4.21. The van der Waals surface area contributed by atoms with E-state index in [1.54, 1.807) is 12.1 Å². The number of carbonyl (C=O) groups is 2. The van der Waals surface area contributed by atoms with Crippen LogP contribution < -0.4 is 10.9 Å². The normalized spacial score (nSPS) is 15.9. The van der Waals surface area contributed by atoms with Crippen molar-refractivity contribution in [1.29, 1.82) is 0 Å². The van der Waals surface area contributed by atoms with E-state index in [2.05, 4.69) is 53.0 Å². The van der Waals surface area contributed by atoms with Crippen molar-refractivity contribution in [2.45, 2.75) is 39.2 Å². The van der Waals surface area contributed by atoms with Crippen LogP contribution in [0.5, 0.6) is 0 Å². The summed E-state index contributed by atoms with van der Waals surface area (Å²) in [6, 6.07) is 18.3. The molecule has 1 aliphatic rings. The Labute approximate surface area is 184 Å². The molecule has 1 aliphatic heterocycles. The molecule has 0 unspecified atom stereocenters. The monoisotopic (exact) mass is 423 g/mol. The summed E-state index contributed by atoms with van der Waals surface area (Å²) in [6.45, 7) is 6.64. The van der Waals surface area contributed by atoms with Gasteiger partial charge < -0.3 is 4.74 Å². The number of hydrazine groups is 1. The van der Waals surface area contributed by atoms with E-state index in [0.29, 0.717) is 12.0 Å². The summed E-state index contributed by atoms with van der Waals surface area (Å²) in [7, 11) is 0. The fourth-order valence-corrected chi connectivity index (χ4v) is 4.21. The molecule has 0 aliphatic carbocycles. The second-order valence-electron chi connectivity index (χ2n) is 8.31. The van der Waals surface area contributed by atoms with Crippen LogP contribution >= 0.6 is 0 Å². The lowest BCUT2D eigenvalue weighted by Gasteiger charge is -2.42. The number of likely N-dealkylation sites (tertiary alicyclic amines) is 1. The van der Waals surface area contributed by atoms with E-state index < -0.39 is 0 Å². The van der Waals surface area contributed by atoms with E-state index >= 15 is 0 Å². The minimum absolute atomic E-state index is 0.246. The van der Waals surface area contributed by atoms with Crippen molar-refractivity contribution >= 4 is 12.3 Å². The highest BCUT2D eigenvalue weighted by Crippen LogP contribution is 2.37. The van der Waals surface area contributed by atoms with E-state index in [9.17, 15) is 9.59 Å². The molecule has 0 saturated carbocycles. The van der Waals surface area contributed by atoms with Crippen LogP contribution in [0.3, 0.4) is 0 Å². The maximum absolute atomic E-state index is 11.9. The van der Waals surface area contributed by atoms with Crippen molar-refractivity contribution in [3.05, 3.63) is 71.3 Å². The largest absolute Gasteiger partial charge is 0.381 e. The van der Waals surface area contributed by atoms with Gasteiger partial charge in [-0.25, -0.2) is 0 Å². The second kappa shape index (κ2) is 11.6. The topological polar surface area (TPSA) is 70.7 Å². The van der Waals surface area contributed by atoms with Gasteiger partial charge in [0.2, 0.25) is 6.41 Å². The van der Waals surface area contributed by atoms with Gasteiger partial charge in [0.25, 0.3) is 5.91 Å². The molecule has 0 atom stereocenters. The Morgan fingerprint density at radius 3 is 2.42 bits per heavy atom. The molecule has 6 heteroatoms. The lowest BCUT2D eigenvalue weighted by molar-refractivity contribution is -0.110. The highest BCUT2D eigenvalue weighted by Gasteiger charge is 2.34. The Kier molecular flexibility index (Phi) is 8.62. The molecule has 31 heavy (non-hydrogen) atoms. The minimum atomic E-state index is -0.323. The van der Waals surface area contributed by atoms with Gasteiger partial charge >= 0.3 is 0 Å². The Balaban J connectivity index is 1.53. The molecule has 2 amide bonds. The molecule has 1 saturated heterocycles. The molecule has 2 aromatic carbocycles. The van der Waals surface area contributed by atoms with Crippen molar-refractivity contribution in [2.75, 3.05) is 26.3 Å². The smallest absolute Gasteiger partial charge is 0.269 e. The number of hydrogen-bond acceptors (Lipinski definition) is 4. The number of hydrogen-bond donors (Lipinski definition) is 2. The lowest BCUT2D eigenvalue weighted by atomic mass is 9.74. The van der Waals surface area contributed by atoms with Gasteiger partial charge in [-0.1, -0.05) is 42.5 Å². The maximum atomic E-state index is 11.9. The van der Waals surface area contributed by atoms with Crippen LogP contribution in [0.2, 0.25) is 0 Å². The van der Waals surface area contributed by atoms with Crippen molar-refractivity contribution < 1.29 is 14.3 Å². The predicted molar refractivity (Wildman–Crippen MR) is 121 cm³/mol. The predicted octanol–water partition coefficient (Wildman–Crippen LogP) is 3.33. The SMILES string of the molecule is CCOCC1(CCc2ccccc2)CCN(Cc2ccc(C(=O)NNC=O)cc2)CC1. The molecule has 0 spiro atoms. The molecular formula is C25H33N3O3. The first-order valence-corrected chi connectivity index (χ1v) is 11.1. The standard InChI is InChI=1S/C25H33N3O3/c1-2-31-19-25(13-12-21-6-4-3-5-7-21)14-16-28(17-15-25)18-22-8-10-23(11-9-22)24(30)27-26-20-29/h3-11,20H,2,12-19H2,1H3,(H,26,29)(H,27,30). The number of piperidine rings is 1. The van der Waals surface area contributed by atoms with Gasteiger partial charge in [0.1, 0.15) is 0 Å². The summed E-state index contributed by atoms with van der Waals surface area (Å²) in [5.41, 5.74) is 7.84. The average molecular weight is 424 g/mol. The van der Waals surface area contributed by atoms with Gasteiger partial charge in [0, 0.05) is 18.7 Å². The van der Waals surface area contributed by atoms with Crippen LogP contribution in [0.25, 0.3) is 0 Å². The molecule has 2 N–H and O–H groups in total. The zero-order valence-electron chi connectivity index (χ0n) is 18.3. The maximum Gasteiger partial charge on any atom is 0.269 e. The molecule has 6 nitrogen and oxygen atoms in total. The Hall–Kier alpha value is -2.70. The zero-order valence-corrected chi connectivity index (χ0v) is 18.3. The van der Waals surface area contributed by atoms with E-state index in [1.165, 1.54) is 11.1 Å². The molecule has 0 radical (unpaired) electrons. The molecule has 2 aromatic rings. The number of nitrogens with one attached hydrogen (secondary N) is 2. The first-order chi connectivity index (χ1) is 15.1. The third-order valence-electron chi connectivity index (χ3n) is 6.18. The van der Waals surface area contributed by atoms with Crippen LogP contribution in [-0.2, 0) is 22.5 Å². The number of carbonyl (C=O) groups excluding carboxylic acids is 2. The number of amides is 2. The summed E-state index contributed by atoms with van der Waals surface area (Å²) in [4.78, 5) is 24.6. The fraction of sp³-hybridized carbons (Fsp3) is 0.440. The number of ether oxygens (including phenoxy) is 1. The Morgan fingerprint density at radius 1 is 1.06 bits per heavy atom. The van der Waals surface area contributed by atoms with E-state index in [-0.39, 0.29) is 11.3 Å². The quantitative estimate of drug-likeness (QED) is 0.430. The van der Waals surface area contributed by atoms with Crippen molar-refractivity contribution in [2.24, 2.45) is 5.41 Å². The van der Waals surface area contributed by atoms with Gasteiger partial charge in [-0.05, 0) is 74.4 Å². The third kappa shape index (κ3) is 6.91.